The summed E-state index contributed by atoms with van der Waals surface area (Å²) in [6, 6.07) is 20.0. The number of fused-ring (bicyclic) bond motifs is 1. The lowest BCUT2D eigenvalue weighted by Gasteiger charge is -2.45. The van der Waals surface area contributed by atoms with Gasteiger partial charge < -0.3 is 9.47 Å². The smallest absolute Gasteiger partial charge is 0.254 e. The normalized spacial score (nSPS) is 26.0. The number of hydrogen-bond acceptors (Lipinski definition) is 5. The van der Waals surface area contributed by atoms with Gasteiger partial charge >= 0.3 is 0 Å². The quantitative estimate of drug-likeness (QED) is 0.386. The van der Waals surface area contributed by atoms with Crippen molar-refractivity contribution in [3.05, 3.63) is 93.0 Å². The minimum Gasteiger partial charge on any atom is -0.454 e. The highest BCUT2D eigenvalue weighted by Gasteiger charge is 2.61. The number of hydrogen-bond donors (Lipinski definition) is 0. The molecule has 0 N–H and O–H groups in total. The number of amides is 2. The molecule has 3 aromatic rings. The highest BCUT2D eigenvalue weighted by molar-refractivity contribution is 9.10. The molecule has 0 unspecified atom stereocenters. The summed E-state index contributed by atoms with van der Waals surface area (Å²) in [7, 11) is 0. The lowest BCUT2D eigenvalue weighted by atomic mass is 9.55. The Morgan fingerprint density at radius 3 is 1.82 bits per heavy atom. The molecule has 3 aliphatic carbocycles. The largest absolute Gasteiger partial charge is 0.454 e. The molecule has 5 aliphatic rings. The Labute approximate surface area is 197 Å². The van der Waals surface area contributed by atoms with Crippen molar-refractivity contribution in [3.8, 4) is 11.5 Å². The molecular weight excluding hydrogens is 484 g/mol. The van der Waals surface area contributed by atoms with E-state index in [1.807, 2.05) is 24.3 Å². The van der Waals surface area contributed by atoms with Crippen LogP contribution in [0.1, 0.15) is 39.7 Å². The lowest BCUT2D eigenvalue weighted by Crippen LogP contribution is -2.41. The molecule has 3 aromatic carbocycles. The van der Waals surface area contributed by atoms with Gasteiger partial charge in [0.2, 0.25) is 6.79 Å². The molecule has 1 saturated heterocycles. The van der Waals surface area contributed by atoms with E-state index in [0.717, 1.165) is 31.7 Å². The average molecular weight is 501 g/mol. The van der Waals surface area contributed by atoms with Crippen LogP contribution in [0.5, 0.6) is 11.5 Å². The molecule has 2 atom stereocenters. The zero-order valence-electron chi connectivity index (χ0n) is 17.3. The first-order valence-corrected chi connectivity index (χ1v) is 11.6. The number of nitrogens with zero attached hydrogens (tertiary/aromatic N) is 2. The highest BCUT2D eigenvalue weighted by atomic mass is 79.9. The number of halogens is 1. The van der Waals surface area contributed by atoms with Crippen LogP contribution in [0.25, 0.3) is 0 Å². The fourth-order valence-electron chi connectivity index (χ4n) is 5.93. The van der Waals surface area contributed by atoms with Crippen molar-refractivity contribution in [2.75, 3.05) is 6.79 Å². The summed E-state index contributed by atoms with van der Waals surface area (Å²) in [6.07, 6.45) is 1.53. The summed E-state index contributed by atoms with van der Waals surface area (Å²) in [5, 5.41) is 5.44. The standard InChI is InChI=1S/C26H17BrN2O4/c27-18-10-20-19(32-12-33-20)9-13(18)11-28-29-25(30)23-21-14-5-1-2-6-15(14)22(24(23)26(29)31)17-8-4-3-7-16(17)21/h1-11,21-24H,12H2/b28-11-/t21?,22?,23-,24-/m0/s1. The third-order valence-corrected chi connectivity index (χ3v) is 7.92. The van der Waals surface area contributed by atoms with E-state index in [2.05, 4.69) is 45.3 Å². The van der Waals surface area contributed by atoms with E-state index >= 15 is 0 Å². The van der Waals surface area contributed by atoms with Gasteiger partial charge in [-0.1, -0.05) is 48.5 Å². The van der Waals surface area contributed by atoms with Crippen LogP contribution in [0.3, 0.4) is 0 Å². The molecule has 2 aliphatic heterocycles. The monoisotopic (exact) mass is 500 g/mol. The second kappa shape index (κ2) is 6.78. The molecule has 0 spiro atoms. The molecule has 2 bridgehead atoms. The van der Waals surface area contributed by atoms with Gasteiger partial charge in [-0.2, -0.15) is 10.1 Å². The van der Waals surface area contributed by atoms with Crippen LogP contribution >= 0.6 is 15.9 Å². The van der Waals surface area contributed by atoms with Crippen LogP contribution in [0, 0.1) is 11.8 Å². The van der Waals surface area contributed by atoms with Gasteiger partial charge in [-0.15, -0.1) is 0 Å². The number of rotatable bonds is 2. The summed E-state index contributed by atoms with van der Waals surface area (Å²) < 4.78 is 11.6. The van der Waals surface area contributed by atoms with Crippen LogP contribution in [-0.2, 0) is 9.59 Å². The SMILES string of the molecule is O=C1[C@H]2C3c4ccccc4C(c4ccccc43)[C@@H]2C(=O)N1/N=C\c1cc2c(cc1Br)OCO2. The van der Waals surface area contributed by atoms with Crippen LogP contribution in [0.2, 0.25) is 0 Å². The Morgan fingerprint density at radius 1 is 0.818 bits per heavy atom. The van der Waals surface area contributed by atoms with Gasteiger partial charge in [0.05, 0.1) is 18.1 Å². The minimum atomic E-state index is -0.440. The molecule has 2 amide bonds. The maximum atomic E-state index is 13.6. The average Bonchev–Trinajstić information content (AvgIpc) is 3.39. The molecule has 1 fully saturated rings. The zero-order chi connectivity index (χ0) is 22.3. The number of benzene rings is 3. The predicted octanol–water partition coefficient (Wildman–Crippen LogP) is 4.40. The van der Waals surface area contributed by atoms with Crippen LogP contribution in [0.15, 0.2) is 70.2 Å². The molecule has 162 valence electrons. The first-order valence-electron chi connectivity index (χ1n) is 10.8. The summed E-state index contributed by atoms with van der Waals surface area (Å²) in [4.78, 5) is 27.2. The third-order valence-electron chi connectivity index (χ3n) is 7.23. The van der Waals surface area contributed by atoms with E-state index in [0.29, 0.717) is 17.1 Å². The van der Waals surface area contributed by atoms with Gasteiger partial charge in [-0.25, -0.2) is 0 Å². The van der Waals surface area contributed by atoms with Crippen LogP contribution in [-0.4, -0.2) is 29.8 Å². The second-order valence-corrected chi connectivity index (χ2v) is 9.58. The summed E-state index contributed by atoms with van der Waals surface area (Å²) >= 11 is 3.50. The number of imide groups is 1. The summed E-state index contributed by atoms with van der Waals surface area (Å²) in [5.41, 5.74) is 5.28. The second-order valence-electron chi connectivity index (χ2n) is 8.72. The van der Waals surface area contributed by atoms with Gasteiger partial charge in [0.15, 0.2) is 11.5 Å². The minimum absolute atomic E-state index is 0.138. The Kier molecular flexibility index (Phi) is 3.91. The third kappa shape index (κ3) is 2.51. The Morgan fingerprint density at radius 2 is 1.30 bits per heavy atom. The number of ether oxygens (including phenoxy) is 2. The fraction of sp³-hybridized carbons (Fsp3) is 0.192. The van der Waals surface area contributed by atoms with E-state index in [1.165, 1.54) is 6.21 Å². The molecular formula is C26H17BrN2O4. The van der Waals surface area contributed by atoms with Gasteiger partial charge in [-0.05, 0) is 50.3 Å². The van der Waals surface area contributed by atoms with Crippen molar-refractivity contribution in [1.29, 1.82) is 0 Å². The molecule has 8 rings (SSSR count). The van der Waals surface area contributed by atoms with Gasteiger partial charge in [0, 0.05) is 21.9 Å². The van der Waals surface area contributed by atoms with E-state index in [1.54, 1.807) is 12.1 Å². The van der Waals surface area contributed by atoms with Crippen LogP contribution in [0.4, 0.5) is 0 Å². The van der Waals surface area contributed by atoms with Gasteiger partial charge in [0.25, 0.3) is 11.8 Å². The Hall–Kier alpha value is -3.45. The van der Waals surface area contributed by atoms with E-state index in [9.17, 15) is 9.59 Å². The van der Waals surface area contributed by atoms with Crippen molar-refractivity contribution in [2.24, 2.45) is 16.9 Å². The van der Waals surface area contributed by atoms with Crippen molar-refractivity contribution < 1.29 is 19.1 Å². The Balaban J connectivity index is 1.30. The van der Waals surface area contributed by atoms with Crippen molar-refractivity contribution in [2.45, 2.75) is 11.8 Å². The predicted molar refractivity (Wildman–Crippen MR) is 123 cm³/mol. The molecule has 7 heteroatoms. The maximum absolute atomic E-state index is 13.6. The number of carbonyl (C=O) groups excluding carboxylic acids is 2. The Bertz CT molecular complexity index is 1290. The molecule has 6 nitrogen and oxygen atoms in total. The number of hydrazone groups is 1. The van der Waals surface area contributed by atoms with Crippen molar-refractivity contribution in [1.82, 2.24) is 5.01 Å². The first-order chi connectivity index (χ1) is 16.1. The van der Waals surface area contributed by atoms with Crippen molar-refractivity contribution in [3.63, 3.8) is 0 Å². The van der Waals surface area contributed by atoms with E-state index in [-0.39, 0.29) is 30.4 Å². The van der Waals surface area contributed by atoms with Crippen LogP contribution < -0.4 is 9.47 Å². The molecule has 33 heavy (non-hydrogen) atoms. The van der Waals surface area contributed by atoms with Gasteiger partial charge in [0.1, 0.15) is 0 Å². The van der Waals surface area contributed by atoms with Crippen molar-refractivity contribution >= 4 is 34.0 Å². The molecule has 0 aromatic heterocycles. The molecule has 0 radical (unpaired) electrons. The maximum Gasteiger partial charge on any atom is 0.254 e. The summed E-state index contributed by atoms with van der Waals surface area (Å²) in [6.45, 7) is 0.165. The lowest BCUT2D eigenvalue weighted by molar-refractivity contribution is -0.139. The first kappa shape index (κ1) is 19.1. The van der Waals surface area contributed by atoms with E-state index in [4.69, 9.17) is 9.47 Å². The topological polar surface area (TPSA) is 68.2 Å². The number of carbonyl (C=O) groups is 2. The fourth-order valence-corrected chi connectivity index (χ4v) is 6.35. The highest BCUT2D eigenvalue weighted by Crippen LogP contribution is 2.61. The summed E-state index contributed by atoms with van der Waals surface area (Å²) in [5.74, 6) is -0.381. The van der Waals surface area contributed by atoms with Gasteiger partial charge in [-0.3, -0.25) is 9.59 Å². The van der Waals surface area contributed by atoms with E-state index < -0.39 is 11.8 Å². The molecule has 0 saturated carbocycles. The zero-order valence-corrected chi connectivity index (χ0v) is 18.9. The molecule has 2 heterocycles.